The second-order valence-corrected chi connectivity index (χ2v) is 6.31. The van der Waals surface area contributed by atoms with Gasteiger partial charge in [-0.3, -0.25) is 4.90 Å². The van der Waals surface area contributed by atoms with Crippen LogP contribution in [0.4, 0.5) is 0 Å². The molecule has 1 fully saturated rings. The maximum Gasteiger partial charge on any atom is 0.0869 e. The van der Waals surface area contributed by atoms with Crippen molar-refractivity contribution in [2.75, 3.05) is 33.3 Å². The van der Waals surface area contributed by atoms with Crippen LogP contribution in [0.2, 0.25) is 0 Å². The molecule has 108 valence electrons. The molecular weight excluding hydrogens is 228 g/mol. The fraction of sp³-hybridized carbons (Fsp3) is 1.00. The van der Waals surface area contributed by atoms with Crippen molar-refractivity contribution in [3.63, 3.8) is 0 Å². The highest BCUT2D eigenvalue weighted by Crippen LogP contribution is 2.20. The number of rotatable bonds is 6. The number of β-amino-alcohol motifs (C(OH)–C–C–N with tert-alkyl or cyclic N) is 1. The number of methoxy groups -OCH3 is 1. The third kappa shape index (κ3) is 5.22. The van der Waals surface area contributed by atoms with Gasteiger partial charge in [-0.05, 0) is 25.8 Å². The Morgan fingerprint density at radius 1 is 1.50 bits per heavy atom. The number of hydrogen-bond donors (Lipinski definition) is 2. The molecule has 0 amide bonds. The first-order valence-electron chi connectivity index (χ1n) is 7.05. The molecule has 1 saturated heterocycles. The van der Waals surface area contributed by atoms with Gasteiger partial charge in [-0.1, -0.05) is 20.8 Å². The average molecular weight is 258 g/mol. The molecule has 0 aromatic heterocycles. The Kier molecular flexibility index (Phi) is 6.05. The SMILES string of the molecule is COC1CN(CC(C)(O)CNC(C)C)CCC1C. The van der Waals surface area contributed by atoms with Crippen molar-refractivity contribution in [2.24, 2.45) is 5.92 Å². The third-order valence-corrected chi connectivity index (χ3v) is 3.73. The minimum atomic E-state index is -0.677. The maximum atomic E-state index is 10.4. The number of nitrogens with zero attached hydrogens (tertiary/aromatic N) is 1. The maximum absolute atomic E-state index is 10.4. The van der Waals surface area contributed by atoms with Crippen molar-refractivity contribution in [3.8, 4) is 0 Å². The zero-order chi connectivity index (χ0) is 13.8. The largest absolute Gasteiger partial charge is 0.388 e. The van der Waals surface area contributed by atoms with E-state index in [9.17, 15) is 5.11 Å². The highest BCUT2D eigenvalue weighted by Gasteiger charge is 2.30. The summed E-state index contributed by atoms with van der Waals surface area (Å²) in [6.07, 6.45) is 1.44. The molecule has 1 aliphatic rings. The molecule has 0 radical (unpaired) electrons. The van der Waals surface area contributed by atoms with Crippen LogP contribution in [0.5, 0.6) is 0 Å². The van der Waals surface area contributed by atoms with Crippen LogP contribution < -0.4 is 5.32 Å². The van der Waals surface area contributed by atoms with E-state index in [-0.39, 0.29) is 0 Å². The van der Waals surface area contributed by atoms with E-state index in [4.69, 9.17) is 4.74 Å². The highest BCUT2D eigenvalue weighted by molar-refractivity contribution is 4.85. The van der Waals surface area contributed by atoms with Gasteiger partial charge < -0.3 is 15.2 Å². The van der Waals surface area contributed by atoms with Crippen LogP contribution in [0, 0.1) is 5.92 Å². The predicted molar refractivity (Wildman–Crippen MR) is 74.8 cm³/mol. The topological polar surface area (TPSA) is 44.7 Å². The summed E-state index contributed by atoms with van der Waals surface area (Å²) in [5.41, 5.74) is -0.677. The quantitative estimate of drug-likeness (QED) is 0.749. The van der Waals surface area contributed by atoms with Crippen molar-refractivity contribution in [1.29, 1.82) is 0 Å². The molecule has 0 saturated carbocycles. The van der Waals surface area contributed by atoms with Gasteiger partial charge in [-0.15, -0.1) is 0 Å². The summed E-state index contributed by atoms with van der Waals surface area (Å²) in [6, 6.07) is 0.407. The van der Waals surface area contributed by atoms with Gasteiger partial charge in [0.05, 0.1) is 11.7 Å². The Balaban J connectivity index is 2.41. The molecule has 0 aromatic carbocycles. The molecule has 1 heterocycles. The Morgan fingerprint density at radius 2 is 2.17 bits per heavy atom. The fourth-order valence-electron chi connectivity index (χ4n) is 2.51. The molecule has 0 aliphatic carbocycles. The van der Waals surface area contributed by atoms with Crippen LogP contribution in [0.3, 0.4) is 0 Å². The number of likely N-dealkylation sites (tertiary alicyclic amines) is 1. The van der Waals surface area contributed by atoms with Gasteiger partial charge >= 0.3 is 0 Å². The molecular formula is C14H30N2O2. The van der Waals surface area contributed by atoms with E-state index < -0.39 is 5.60 Å². The predicted octanol–water partition coefficient (Wildman–Crippen LogP) is 1.09. The van der Waals surface area contributed by atoms with Gasteiger partial charge in [0.2, 0.25) is 0 Å². The Labute approximate surface area is 112 Å². The van der Waals surface area contributed by atoms with Gasteiger partial charge in [-0.2, -0.15) is 0 Å². The Hall–Kier alpha value is -0.160. The van der Waals surface area contributed by atoms with Crippen molar-refractivity contribution in [2.45, 2.75) is 51.9 Å². The summed E-state index contributed by atoms with van der Waals surface area (Å²) in [6.45, 7) is 11.7. The molecule has 0 bridgehead atoms. The van der Waals surface area contributed by atoms with Crippen molar-refractivity contribution >= 4 is 0 Å². The average Bonchev–Trinajstić information content (AvgIpc) is 2.29. The summed E-state index contributed by atoms with van der Waals surface area (Å²) < 4.78 is 5.51. The number of nitrogens with one attached hydrogen (secondary N) is 1. The van der Waals surface area contributed by atoms with Gasteiger partial charge in [-0.25, -0.2) is 0 Å². The van der Waals surface area contributed by atoms with Crippen molar-refractivity contribution in [1.82, 2.24) is 10.2 Å². The van der Waals surface area contributed by atoms with Crippen LogP contribution in [-0.2, 0) is 4.74 Å². The second-order valence-electron chi connectivity index (χ2n) is 6.31. The molecule has 3 atom stereocenters. The van der Waals surface area contributed by atoms with E-state index in [1.165, 1.54) is 0 Å². The van der Waals surface area contributed by atoms with Crippen LogP contribution >= 0.6 is 0 Å². The van der Waals surface area contributed by atoms with Crippen LogP contribution in [0.25, 0.3) is 0 Å². The number of ether oxygens (including phenoxy) is 1. The van der Waals surface area contributed by atoms with E-state index in [1.807, 2.05) is 6.92 Å². The van der Waals surface area contributed by atoms with Gasteiger partial charge in [0.1, 0.15) is 0 Å². The lowest BCUT2D eigenvalue weighted by atomic mass is 9.94. The zero-order valence-corrected chi connectivity index (χ0v) is 12.6. The molecule has 4 nitrogen and oxygen atoms in total. The van der Waals surface area contributed by atoms with Gasteiger partial charge in [0, 0.05) is 32.8 Å². The van der Waals surface area contributed by atoms with Crippen LogP contribution in [0.15, 0.2) is 0 Å². The van der Waals surface area contributed by atoms with Gasteiger partial charge in [0.15, 0.2) is 0 Å². The molecule has 3 unspecified atom stereocenters. The molecule has 0 aromatic rings. The monoisotopic (exact) mass is 258 g/mol. The first-order valence-corrected chi connectivity index (χ1v) is 7.05. The number of piperidine rings is 1. The third-order valence-electron chi connectivity index (χ3n) is 3.73. The first kappa shape index (κ1) is 15.9. The van der Waals surface area contributed by atoms with Crippen LogP contribution in [-0.4, -0.2) is 61.0 Å². The molecule has 4 heteroatoms. The lowest BCUT2D eigenvalue weighted by Gasteiger charge is -2.39. The molecule has 18 heavy (non-hydrogen) atoms. The summed E-state index contributed by atoms with van der Waals surface area (Å²) in [5.74, 6) is 0.616. The number of hydrogen-bond acceptors (Lipinski definition) is 4. The number of aliphatic hydroxyl groups is 1. The smallest absolute Gasteiger partial charge is 0.0869 e. The Morgan fingerprint density at radius 3 is 2.72 bits per heavy atom. The summed E-state index contributed by atoms with van der Waals surface area (Å²) in [7, 11) is 1.78. The fourth-order valence-corrected chi connectivity index (χ4v) is 2.51. The standard InChI is InChI=1S/C14H30N2O2/c1-11(2)15-9-14(4,17)10-16-7-6-12(3)13(8-16)18-5/h11-13,15,17H,6-10H2,1-5H3. The van der Waals surface area contributed by atoms with E-state index in [1.54, 1.807) is 7.11 Å². The minimum Gasteiger partial charge on any atom is -0.388 e. The van der Waals surface area contributed by atoms with Crippen molar-refractivity contribution in [3.05, 3.63) is 0 Å². The Bertz CT molecular complexity index is 244. The highest BCUT2D eigenvalue weighted by atomic mass is 16.5. The van der Waals surface area contributed by atoms with Crippen molar-refractivity contribution < 1.29 is 9.84 Å². The lowest BCUT2D eigenvalue weighted by molar-refractivity contribution is -0.0402. The van der Waals surface area contributed by atoms with E-state index in [2.05, 4.69) is 31.0 Å². The lowest BCUT2D eigenvalue weighted by Crippen LogP contribution is -2.53. The molecule has 1 rings (SSSR count). The minimum absolute atomic E-state index is 0.299. The molecule has 0 spiro atoms. The second kappa shape index (κ2) is 6.85. The first-order chi connectivity index (χ1) is 8.34. The summed E-state index contributed by atoms with van der Waals surface area (Å²) in [4.78, 5) is 2.32. The summed E-state index contributed by atoms with van der Waals surface area (Å²) in [5, 5.41) is 13.7. The normalized spacial score (nSPS) is 29.5. The molecule has 1 aliphatic heterocycles. The van der Waals surface area contributed by atoms with E-state index in [0.717, 1.165) is 19.5 Å². The zero-order valence-electron chi connectivity index (χ0n) is 12.6. The summed E-state index contributed by atoms with van der Waals surface area (Å²) >= 11 is 0. The van der Waals surface area contributed by atoms with E-state index >= 15 is 0 Å². The molecule has 2 N–H and O–H groups in total. The van der Waals surface area contributed by atoms with Crippen LogP contribution in [0.1, 0.15) is 34.1 Å². The van der Waals surface area contributed by atoms with Gasteiger partial charge in [0.25, 0.3) is 0 Å². The van der Waals surface area contributed by atoms with E-state index in [0.29, 0.717) is 31.2 Å².